The van der Waals surface area contributed by atoms with E-state index in [4.69, 9.17) is 18.5 Å². The molecule has 0 aromatic heterocycles. The zero-order valence-electron chi connectivity index (χ0n) is 26.2. The van der Waals surface area contributed by atoms with Gasteiger partial charge in [-0.25, -0.2) is 0 Å². The molecule has 41 heavy (non-hydrogen) atoms. The number of rotatable bonds is 26. The fourth-order valence-corrected chi connectivity index (χ4v) is 4.22. The van der Waals surface area contributed by atoms with E-state index in [9.17, 15) is 19.0 Å². The minimum Gasteiger partial charge on any atom is -0.756 e. The molecule has 0 aliphatic carbocycles. The molecule has 0 amide bonds. The third kappa shape index (κ3) is 28.1. The van der Waals surface area contributed by atoms with E-state index >= 15 is 0 Å². The molecule has 0 heterocycles. The van der Waals surface area contributed by atoms with Crippen LogP contribution in [0.2, 0.25) is 0 Å². The summed E-state index contributed by atoms with van der Waals surface area (Å²) in [5.74, 6) is -0.898. The van der Waals surface area contributed by atoms with Crippen LogP contribution in [0.25, 0.3) is 0 Å². The topological polar surface area (TPSA) is 111 Å². The zero-order chi connectivity index (χ0) is 30.8. The number of phosphoric acid groups is 1. The maximum atomic E-state index is 12.4. The SMILES string of the molecule is CC/C=C\C/C=C\C/C=C\CCCCCC(=O)OC(COC(=O)CCCCCC)COP(=O)([O-])OCC[N+](C)(C)C. The Labute approximate surface area is 249 Å². The van der Waals surface area contributed by atoms with Gasteiger partial charge in [0.05, 0.1) is 27.7 Å². The summed E-state index contributed by atoms with van der Waals surface area (Å²) >= 11 is 0. The highest BCUT2D eigenvalue weighted by Gasteiger charge is 2.21. The summed E-state index contributed by atoms with van der Waals surface area (Å²) in [5.41, 5.74) is 0. The summed E-state index contributed by atoms with van der Waals surface area (Å²) in [6, 6.07) is 0. The molecule has 2 atom stereocenters. The quantitative estimate of drug-likeness (QED) is 0.0367. The van der Waals surface area contributed by atoms with Crippen LogP contribution in [0.4, 0.5) is 0 Å². The maximum absolute atomic E-state index is 12.4. The highest BCUT2D eigenvalue weighted by molar-refractivity contribution is 7.45. The first-order chi connectivity index (χ1) is 19.5. The highest BCUT2D eigenvalue weighted by Crippen LogP contribution is 2.38. The van der Waals surface area contributed by atoms with Gasteiger partial charge < -0.3 is 27.9 Å². The predicted octanol–water partition coefficient (Wildman–Crippen LogP) is 6.43. The van der Waals surface area contributed by atoms with Crippen molar-refractivity contribution in [2.75, 3.05) is 47.5 Å². The Bertz CT molecular complexity index is 819. The number of nitrogens with zero attached hydrogens (tertiary/aromatic N) is 1. The van der Waals surface area contributed by atoms with Gasteiger partial charge in [-0.05, 0) is 44.9 Å². The lowest BCUT2D eigenvalue weighted by Crippen LogP contribution is -2.37. The van der Waals surface area contributed by atoms with Crippen molar-refractivity contribution in [1.82, 2.24) is 0 Å². The van der Waals surface area contributed by atoms with Crippen LogP contribution < -0.4 is 4.89 Å². The first-order valence-corrected chi connectivity index (χ1v) is 16.7. The molecule has 0 aromatic carbocycles. The molecule has 0 fully saturated rings. The van der Waals surface area contributed by atoms with Crippen LogP contribution in [0, 0.1) is 0 Å². The number of quaternary nitrogens is 1. The molecule has 0 rings (SSSR count). The lowest BCUT2D eigenvalue weighted by atomic mass is 10.1. The standard InChI is InChI=1S/C31H56NO8P/c1-6-8-10-12-13-14-15-16-17-18-19-20-22-24-31(34)40-29(27-37-30(33)23-21-11-9-7-2)28-39-41(35,36)38-26-25-32(3,4)5/h8,10,13-14,16-17,29H,6-7,9,11-12,15,18-28H2,1-5H3/b10-8-,14-13-,17-16-. The van der Waals surface area contributed by atoms with Gasteiger partial charge in [-0.3, -0.25) is 14.2 Å². The Kier molecular flexibility index (Phi) is 23.7. The third-order valence-electron chi connectivity index (χ3n) is 5.92. The molecule has 0 radical (unpaired) electrons. The smallest absolute Gasteiger partial charge is 0.306 e. The fraction of sp³-hybridized carbons (Fsp3) is 0.742. The largest absolute Gasteiger partial charge is 0.756 e. The Morgan fingerprint density at radius 2 is 1.39 bits per heavy atom. The average Bonchev–Trinajstić information content (AvgIpc) is 2.90. The Hall–Kier alpha value is -1.77. The van der Waals surface area contributed by atoms with Crippen LogP contribution in [0.3, 0.4) is 0 Å². The van der Waals surface area contributed by atoms with Gasteiger partial charge in [-0.1, -0.05) is 76.0 Å². The third-order valence-corrected chi connectivity index (χ3v) is 6.89. The van der Waals surface area contributed by atoms with Crippen molar-refractivity contribution in [1.29, 1.82) is 0 Å². The Morgan fingerprint density at radius 3 is 2.02 bits per heavy atom. The first-order valence-electron chi connectivity index (χ1n) is 15.2. The fourth-order valence-electron chi connectivity index (χ4n) is 3.49. The van der Waals surface area contributed by atoms with Crippen molar-refractivity contribution < 1.29 is 42.1 Å². The van der Waals surface area contributed by atoms with Crippen molar-refractivity contribution in [3.05, 3.63) is 36.5 Å². The Morgan fingerprint density at radius 1 is 0.780 bits per heavy atom. The van der Waals surface area contributed by atoms with Crippen LogP contribution in [-0.4, -0.2) is 70.0 Å². The molecular weight excluding hydrogens is 545 g/mol. The lowest BCUT2D eigenvalue weighted by Gasteiger charge is -2.28. The molecule has 10 heteroatoms. The molecule has 2 unspecified atom stereocenters. The average molecular weight is 602 g/mol. The normalized spacial score (nSPS) is 14.6. The molecule has 0 aromatic rings. The Balaban J connectivity index is 4.53. The molecule has 0 aliphatic heterocycles. The van der Waals surface area contributed by atoms with E-state index in [0.717, 1.165) is 57.8 Å². The van der Waals surface area contributed by atoms with Crippen molar-refractivity contribution in [2.45, 2.75) is 103 Å². The number of ether oxygens (including phenoxy) is 2. The molecule has 238 valence electrons. The van der Waals surface area contributed by atoms with Crippen LogP contribution in [-0.2, 0) is 32.7 Å². The summed E-state index contributed by atoms with van der Waals surface area (Å²) in [7, 11) is 1.13. The van der Waals surface area contributed by atoms with Crippen LogP contribution in [0.15, 0.2) is 36.5 Å². The van der Waals surface area contributed by atoms with E-state index < -0.39 is 32.5 Å². The van der Waals surface area contributed by atoms with Gasteiger partial charge in [0.1, 0.15) is 19.8 Å². The van der Waals surface area contributed by atoms with Gasteiger partial charge in [0.25, 0.3) is 7.82 Å². The molecule has 0 spiro atoms. The predicted molar refractivity (Wildman–Crippen MR) is 162 cm³/mol. The van der Waals surface area contributed by atoms with Gasteiger partial charge in [-0.15, -0.1) is 0 Å². The second-order valence-corrected chi connectivity index (χ2v) is 12.5. The van der Waals surface area contributed by atoms with Gasteiger partial charge in [0, 0.05) is 12.8 Å². The summed E-state index contributed by atoms with van der Waals surface area (Å²) in [6.07, 6.45) is 22.4. The number of carbonyl (C=O) groups is 2. The monoisotopic (exact) mass is 601 g/mol. The molecular formula is C31H56NO8P. The second kappa shape index (κ2) is 24.8. The number of esters is 2. The minimum absolute atomic E-state index is 0.0377. The number of hydrogen-bond donors (Lipinski definition) is 0. The summed E-state index contributed by atoms with van der Waals surface area (Å²) < 4.78 is 33.2. The lowest BCUT2D eigenvalue weighted by molar-refractivity contribution is -0.870. The van der Waals surface area contributed by atoms with Crippen molar-refractivity contribution >= 4 is 19.8 Å². The molecule has 0 saturated carbocycles. The van der Waals surface area contributed by atoms with Crippen LogP contribution in [0.5, 0.6) is 0 Å². The van der Waals surface area contributed by atoms with Gasteiger partial charge in [0.15, 0.2) is 6.10 Å². The van der Waals surface area contributed by atoms with E-state index in [1.807, 2.05) is 21.1 Å². The number of allylic oxidation sites excluding steroid dienone is 6. The molecule has 0 N–H and O–H groups in total. The number of unbranched alkanes of at least 4 members (excludes halogenated alkanes) is 6. The van der Waals surface area contributed by atoms with Crippen LogP contribution >= 0.6 is 7.82 Å². The molecule has 0 aliphatic rings. The number of phosphoric ester groups is 1. The van der Waals surface area contributed by atoms with Gasteiger partial charge in [0.2, 0.25) is 0 Å². The van der Waals surface area contributed by atoms with Crippen LogP contribution in [0.1, 0.15) is 97.3 Å². The number of carbonyl (C=O) groups excluding carboxylic acids is 2. The summed E-state index contributed by atoms with van der Waals surface area (Å²) in [4.78, 5) is 36.7. The molecule has 9 nitrogen and oxygen atoms in total. The van der Waals surface area contributed by atoms with E-state index in [2.05, 4.69) is 50.3 Å². The van der Waals surface area contributed by atoms with E-state index in [1.165, 1.54) is 0 Å². The second-order valence-electron chi connectivity index (χ2n) is 11.1. The molecule has 0 saturated heterocycles. The number of likely N-dealkylation sites (N-methyl/N-ethyl adjacent to an activating group) is 1. The van der Waals surface area contributed by atoms with E-state index in [0.29, 0.717) is 23.9 Å². The highest BCUT2D eigenvalue weighted by atomic mass is 31.2. The van der Waals surface area contributed by atoms with Crippen molar-refractivity contribution in [2.24, 2.45) is 0 Å². The first kappa shape index (κ1) is 39.2. The van der Waals surface area contributed by atoms with Crippen molar-refractivity contribution in [3.63, 3.8) is 0 Å². The van der Waals surface area contributed by atoms with Gasteiger partial charge in [-0.2, -0.15) is 0 Å². The summed E-state index contributed by atoms with van der Waals surface area (Å²) in [6.45, 7) is 3.88. The van der Waals surface area contributed by atoms with E-state index in [-0.39, 0.29) is 26.1 Å². The van der Waals surface area contributed by atoms with Crippen molar-refractivity contribution in [3.8, 4) is 0 Å². The maximum Gasteiger partial charge on any atom is 0.306 e. The van der Waals surface area contributed by atoms with Gasteiger partial charge >= 0.3 is 11.9 Å². The zero-order valence-corrected chi connectivity index (χ0v) is 27.1. The number of hydrogen-bond acceptors (Lipinski definition) is 8. The summed E-state index contributed by atoms with van der Waals surface area (Å²) in [5, 5.41) is 0. The molecule has 0 bridgehead atoms. The van der Waals surface area contributed by atoms with E-state index in [1.54, 1.807) is 0 Å². The minimum atomic E-state index is -4.61.